The van der Waals surface area contributed by atoms with E-state index < -0.39 is 0 Å². The number of halogens is 2. The van der Waals surface area contributed by atoms with Gasteiger partial charge in [-0.1, -0.05) is 63.1 Å². The number of hydrogen-bond donors (Lipinski definition) is 0. The highest BCUT2D eigenvalue weighted by atomic mass is 35.5. The van der Waals surface area contributed by atoms with Gasteiger partial charge in [0.15, 0.2) is 0 Å². The van der Waals surface area contributed by atoms with Gasteiger partial charge in [-0.05, 0) is 46.2 Å². The van der Waals surface area contributed by atoms with Crippen LogP contribution in [0, 0.1) is 0 Å². The number of fused-ring (bicyclic) bond motifs is 3. The summed E-state index contributed by atoms with van der Waals surface area (Å²) in [5.74, 6) is 1.15. The lowest BCUT2D eigenvalue weighted by molar-refractivity contribution is 0.435. The fourth-order valence-electron chi connectivity index (χ4n) is 4.27. The summed E-state index contributed by atoms with van der Waals surface area (Å²) in [7, 11) is 0. The predicted molar refractivity (Wildman–Crippen MR) is 102 cm³/mol. The van der Waals surface area contributed by atoms with Gasteiger partial charge in [-0.3, -0.25) is 0 Å². The highest BCUT2D eigenvalue weighted by Gasteiger charge is 2.41. The predicted octanol–water partition coefficient (Wildman–Crippen LogP) is 7.03. The van der Waals surface area contributed by atoms with Crippen LogP contribution >= 0.6 is 23.2 Å². The zero-order valence-corrected chi connectivity index (χ0v) is 15.5. The van der Waals surface area contributed by atoms with Crippen LogP contribution in [0.1, 0.15) is 61.8 Å². The zero-order chi connectivity index (χ0) is 16.4. The van der Waals surface area contributed by atoms with Gasteiger partial charge in [-0.15, -0.1) is 23.2 Å². The highest BCUT2D eigenvalue weighted by molar-refractivity contribution is 6.17. The average Bonchev–Trinajstić information content (AvgIpc) is 2.85. The van der Waals surface area contributed by atoms with E-state index in [2.05, 4.69) is 50.2 Å². The van der Waals surface area contributed by atoms with Crippen LogP contribution in [0.25, 0.3) is 11.1 Å². The van der Waals surface area contributed by atoms with Crippen molar-refractivity contribution in [2.75, 3.05) is 0 Å². The van der Waals surface area contributed by atoms with Crippen LogP contribution in [-0.2, 0) is 17.2 Å². The summed E-state index contributed by atoms with van der Waals surface area (Å²) in [6, 6.07) is 13.5. The number of benzene rings is 2. The molecular formula is C21H24Cl2. The van der Waals surface area contributed by atoms with E-state index in [9.17, 15) is 0 Å². The van der Waals surface area contributed by atoms with Gasteiger partial charge in [0.1, 0.15) is 0 Å². The second-order valence-corrected chi connectivity index (χ2v) is 7.14. The summed E-state index contributed by atoms with van der Waals surface area (Å²) in [6.45, 7) is 4.57. The molecule has 0 bridgehead atoms. The maximum atomic E-state index is 6.12. The molecule has 3 rings (SSSR count). The largest absolute Gasteiger partial charge is 0.122 e. The first-order valence-electron chi connectivity index (χ1n) is 8.59. The van der Waals surface area contributed by atoms with Gasteiger partial charge in [-0.2, -0.15) is 0 Å². The third-order valence-corrected chi connectivity index (χ3v) is 5.77. The monoisotopic (exact) mass is 346 g/mol. The van der Waals surface area contributed by atoms with E-state index in [1.54, 1.807) is 0 Å². The van der Waals surface area contributed by atoms with Crippen molar-refractivity contribution in [2.45, 2.75) is 56.7 Å². The fraction of sp³-hybridized carbons (Fsp3) is 0.429. The normalized spacial score (nSPS) is 14.6. The van der Waals surface area contributed by atoms with Crippen molar-refractivity contribution in [3.8, 4) is 11.1 Å². The fourth-order valence-corrected chi connectivity index (χ4v) is 4.61. The average molecular weight is 347 g/mol. The Bertz CT molecular complexity index is 641. The molecule has 0 heterocycles. The lowest BCUT2D eigenvalue weighted by Crippen LogP contribution is -2.25. The van der Waals surface area contributed by atoms with Crippen molar-refractivity contribution in [1.82, 2.24) is 0 Å². The van der Waals surface area contributed by atoms with Crippen LogP contribution in [0.2, 0.25) is 0 Å². The minimum Gasteiger partial charge on any atom is -0.122 e. The van der Waals surface area contributed by atoms with Crippen molar-refractivity contribution in [3.63, 3.8) is 0 Å². The second-order valence-electron chi connectivity index (χ2n) is 6.61. The minimum atomic E-state index is 0.123. The van der Waals surface area contributed by atoms with E-state index in [-0.39, 0.29) is 5.41 Å². The second kappa shape index (κ2) is 6.87. The molecule has 2 aromatic carbocycles. The van der Waals surface area contributed by atoms with Crippen LogP contribution in [0.4, 0.5) is 0 Å². The molecule has 0 nitrogen and oxygen atoms in total. The topological polar surface area (TPSA) is 0 Å². The first-order chi connectivity index (χ1) is 11.2. The van der Waals surface area contributed by atoms with Gasteiger partial charge in [0.05, 0.1) is 0 Å². The van der Waals surface area contributed by atoms with Gasteiger partial charge >= 0.3 is 0 Å². The Hall–Kier alpha value is -0.980. The maximum Gasteiger partial charge on any atom is 0.0474 e. The summed E-state index contributed by atoms with van der Waals surface area (Å²) in [5.41, 5.74) is 8.27. The van der Waals surface area contributed by atoms with E-state index in [4.69, 9.17) is 23.2 Å². The molecule has 0 N–H and O–H groups in total. The zero-order valence-electron chi connectivity index (χ0n) is 14.0. The third kappa shape index (κ3) is 2.71. The Morgan fingerprint density at radius 1 is 0.739 bits per heavy atom. The molecule has 23 heavy (non-hydrogen) atoms. The van der Waals surface area contributed by atoms with Crippen LogP contribution < -0.4 is 0 Å². The molecule has 0 aromatic heterocycles. The molecule has 0 saturated heterocycles. The molecule has 2 aromatic rings. The number of alkyl halides is 2. The van der Waals surface area contributed by atoms with Gasteiger partial charge in [0.2, 0.25) is 0 Å². The van der Waals surface area contributed by atoms with Gasteiger partial charge in [0, 0.05) is 17.2 Å². The third-order valence-electron chi connectivity index (χ3n) is 5.15. The van der Waals surface area contributed by atoms with Crippen LogP contribution in [0.3, 0.4) is 0 Å². The number of hydrogen-bond acceptors (Lipinski definition) is 0. The Labute approximate surface area is 149 Å². The van der Waals surface area contributed by atoms with Crippen molar-refractivity contribution in [3.05, 3.63) is 58.7 Å². The molecule has 0 spiro atoms. The molecule has 1 aliphatic rings. The first kappa shape index (κ1) is 16.9. The highest BCUT2D eigenvalue weighted by Crippen LogP contribution is 2.54. The Kier molecular flexibility index (Phi) is 5.04. The molecule has 2 heteroatoms. The molecule has 0 unspecified atom stereocenters. The molecule has 0 aliphatic heterocycles. The first-order valence-corrected chi connectivity index (χ1v) is 9.66. The van der Waals surface area contributed by atoms with E-state index in [1.165, 1.54) is 59.1 Å². The summed E-state index contributed by atoms with van der Waals surface area (Å²) < 4.78 is 0. The van der Waals surface area contributed by atoms with Gasteiger partial charge in [0.25, 0.3) is 0 Å². The maximum absolute atomic E-state index is 6.12. The molecule has 1 aliphatic carbocycles. The SMILES string of the molecule is CCCC1(CCC)c2cc(CCl)ccc2-c2ccc(CCl)cc21. The summed E-state index contributed by atoms with van der Waals surface area (Å²) >= 11 is 12.2. The summed E-state index contributed by atoms with van der Waals surface area (Å²) in [6.07, 6.45) is 4.71. The quantitative estimate of drug-likeness (QED) is 0.492. The van der Waals surface area contributed by atoms with Crippen molar-refractivity contribution < 1.29 is 0 Å². The van der Waals surface area contributed by atoms with Crippen molar-refractivity contribution in [1.29, 1.82) is 0 Å². The van der Waals surface area contributed by atoms with Crippen LogP contribution in [0.15, 0.2) is 36.4 Å². The minimum absolute atomic E-state index is 0.123. The molecule has 0 saturated carbocycles. The smallest absolute Gasteiger partial charge is 0.0474 e. The number of rotatable bonds is 6. The van der Waals surface area contributed by atoms with E-state index in [0.717, 1.165) is 0 Å². The van der Waals surface area contributed by atoms with Crippen molar-refractivity contribution >= 4 is 23.2 Å². The summed E-state index contributed by atoms with van der Waals surface area (Å²) in [4.78, 5) is 0. The molecule has 0 fully saturated rings. The van der Waals surface area contributed by atoms with E-state index >= 15 is 0 Å². The standard InChI is InChI=1S/C21H24Cl2/c1-3-9-21(10-4-2)19-11-15(13-22)5-7-17(19)18-8-6-16(14-23)12-20(18)21/h5-8,11-12H,3-4,9-10,13-14H2,1-2H3. The molecular weight excluding hydrogens is 323 g/mol. The summed E-state index contributed by atoms with van der Waals surface area (Å²) in [5, 5.41) is 0. The van der Waals surface area contributed by atoms with Gasteiger partial charge < -0.3 is 0 Å². The van der Waals surface area contributed by atoms with E-state index in [1.807, 2.05) is 0 Å². The Morgan fingerprint density at radius 3 is 1.52 bits per heavy atom. The Balaban J connectivity index is 2.28. The molecule has 122 valence electrons. The van der Waals surface area contributed by atoms with Crippen molar-refractivity contribution in [2.24, 2.45) is 0 Å². The van der Waals surface area contributed by atoms with Gasteiger partial charge in [-0.25, -0.2) is 0 Å². The van der Waals surface area contributed by atoms with Crippen LogP contribution in [0.5, 0.6) is 0 Å². The van der Waals surface area contributed by atoms with E-state index in [0.29, 0.717) is 11.8 Å². The Morgan fingerprint density at radius 2 is 1.17 bits per heavy atom. The molecule has 0 atom stereocenters. The lowest BCUT2D eigenvalue weighted by Gasteiger charge is -2.32. The van der Waals surface area contributed by atoms with Crippen LogP contribution in [-0.4, -0.2) is 0 Å². The molecule has 0 radical (unpaired) electrons. The molecule has 0 amide bonds. The lowest BCUT2D eigenvalue weighted by atomic mass is 9.71.